The number of methoxy groups -OCH3 is 2. The first kappa shape index (κ1) is 19.3. The molecule has 0 unspecified atom stereocenters. The van der Waals surface area contributed by atoms with Gasteiger partial charge < -0.3 is 14.8 Å². The van der Waals surface area contributed by atoms with E-state index in [4.69, 9.17) is 21.1 Å². The van der Waals surface area contributed by atoms with Crippen LogP contribution in [0.5, 0.6) is 11.5 Å². The number of hydrazone groups is 1. The second-order valence-electron chi connectivity index (χ2n) is 5.09. The minimum atomic E-state index is -0.467. The largest absolute Gasteiger partial charge is 0.497 e. The summed E-state index contributed by atoms with van der Waals surface area (Å²) in [6.45, 7) is -0.214. The highest BCUT2D eigenvalue weighted by molar-refractivity contribution is 6.30. The highest BCUT2D eigenvalue weighted by Gasteiger charge is 2.07. The third-order valence-corrected chi connectivity index (χ3v) is 3.60. The number of benzene rings is 2. The van der Waals surface area contributed by atoms with Gasteiger partial charge >= 0.3 is 0 Å². The molecule has 8 heteroatoms. The second kappa shape index (κ2) is 9.43. The lowest BCUT2D eigenvalue weighted by molar-refractivity contribution is -0.120. The van der Waals surface area contributed by atoms with Crippen LogP contribution in [0.4, 0.5) is 0 Å². The SMILES string of the molecule is COc1ccc(OC)c(/C=N/NC(=O)CNC(=O)c2ccc(Cl)cc2)c1. The fourth-order valence-corrected chi connectivity index (χ4v) is 2.14. The quantitative estimate of drug-likeness (QED) is 0.573. The van der Waals surface area contributed by atoms with Crippen LogP contribution < -0.4 is 20.2 Å². The van der Waals surface area contributed by atoms with Crippen LogP contribution in [0.25, 0.3) is 0 Å². The van der Waals surface area contributed by atoms with Crippen molar-refractivity contribution in [3.05, 3.63) is 58.6 Å². The van der Waals surface area contributed by atoms with E-state index in [0.29, 0.717) is 27.6 Å². The molecular weight excluding hydrogens is 358 g/mol. The maximum absolute atomic E-state index is 11.9. The Hall–Kier alpha value is -3.06. The molecule has 0 heterocycles. The van der Waals surface area contributed by atoms with Gasteiger partial charge in [0.1, 0.15) is 11.5 Å². The average molecular weight is 376 g/mol. The van der Waals surface area contributed by atoms with Crippen molar-refractivity contribution in [2.24, 2.45) is 5.10 Å². The molecule has 2 amide bonds. The molecule has 0 saturated carbocycles. The van der Waals surface area contributed by atoms with Crippen molar-refractivity contribution in [3.8, 4) is 11.5 Å². The predicted molar refractivity (Wildman–Crippen MR) is 99.1 cm³/mol. The van der Waals surface area contributed by atoms with Gasteiger partial charge in [-0.3, -0.25) is 9.59 Å². The Morgan fingerprint density at radius 1 is 1.12 bits per heavy atom. The van der Waals surface area contributed by atoms with Crippen molar-refractivity contribution in [1.29, 1.82) is 0 Å². The van der Waals surface area contributed by atoms with E-state index in [0.717, 1.165) is 0 Å². The van der Waals surface area contributed by atoms with Crippen molar-refractivity contribution in [3.63, 3.8) is 0 Å². The van der Waals surface area contributed by atoms with Gasteiger partial charge in [-0.05, 0) is 42.5 Å². The highest BCUT2D eigenvalue weighted by Crippen LogP contribution is 2.22. The third-order valence-electron chi connectivity index (χ3n) is 3.35. The van der Waals surface area contributed by atoms with Gasteiger partial charge in [0, 0.05) is 16.1 Å². The third kappa shape index (κ3) is 5.49. The zero-order valence-electron chi connectivity index (χ0n) is 14.3. The van der Waals surface area contributed by atoms with Crippen LogP contribution in [-0.2, 0) is 4.79 Å². The van der Waals surface area contributed by atoms with E-state index in [1.54, 1.807) is 49.6 Å². The molecule has 2 N–H and O–H groups in total. The number of hydrogen-bond donors (Lipinski definition) is 2. The molecule has 0 atom stereocenters. The summed E-state index contributed by atoms with van der Waals surface area (Å²) in [7, 11) is 3.08. The van der Waals surface area contributed by atoms with Crippen LogP contribution in [0.15, 0.2) is 47.6 Å². The molecule has 0 spiro atoms. The van der Waals surface area contributed by atoms with Crippen LogP contribution in [0, 0.1) is 0 Å². The maximum Gasteiger partial charge on any atom is 0.259 e. The Morgan fingerprint density at radius 2 is 1.85 bits per heavy atom. The van der Waals surface area contributed by atoms with Crippen molar-refractivity contribution in [1.82, 2.24) is 10.7 Å². The summed E-state index contributed by atoms with van der Waals surface area (Å²) in [6, 6.07) is 11.5. The fourth-order valence-electron chi connectivity index (χ4n) is 2.02. The van der Waals surface area contributed by atoms with Crippen LogP contribution in [0.1, 0.15) is 15.9 Å². The van der Waals surface area contributed by atoms with Gasteiger partial charge in [-0.2, -0.15) is 5.10 Å². The number of nitrogens with zero attached hydrogens (tertiary/aromatic N) is 1. The standard InChI is InChI=1S/C18H18ClN3O4/c1-25-15-7-8-16(26-2)13(9-15)10-21-22-17(23)11-20-18(24)12-3-5-14(19)6-4-12/h3-10H,11H2,1-2H3,(H,20,24)(H,22,23)/b21-10+. The summed E-state index contributed by atoms with van der Waals surface area (Å²) in [4.78, 5) is 23.7. The molecule has 136 valence electrons. The van der Waals surface area contributed by atoms with E-state index in [9.17, 15) is 9.59 Å². The normalized spacial score (nSPS) is 10.4. The summed E-state index contributed by atoms with van der Waals surface area (Å²) in [6.07, 6.45) is 1.43. The summed E-state index contributed by atoms with van der Waals surface area (Å²) >= 11 is 5.76. The molecule has 2 aromatic carbocycles. The predicted octanol–water partition coefficient (Wildman–Crippen LogP) is 2.24. The first-order chi connectivity index (χ1) is 12.5. The Balaban J connectivity index is 1.87. The molecule has 0 fully saturated rings. The monoisotopic (exact) mass is 375 g/mol. The van der Waals surface area contributed by atoms with E-state index in [1.807, 2.05) is 0 Å². The Kier molecular flexibility index (Phi) is 6.99. The van der Waals surface area contributed by atoms with E-state index in [-0.39, 0.29) is 12.5 Å². The number of carbonyl (C=O) groups excluding carboxylic acids is 2. The fraction of sp³-hybridized carbons (Fsp3) is 0.167. The Morgan fingerprint density at radius 3 is 2.50 bits per heavy atom. The zero-order chi connectivity index (χ0) is 18.9. The van der Waals surface area contributed by atoms with Crippen molar-refractivity contribution < 1.29 is 19.1 Å². The minimum Gasteiger partial charge on any atom is -0.497 e. The minimum absolute atomic E-state index is 0.214. The van der Waals surface area contributed by atoms with Gasteiger partial charge in [-0.15, -0.1) is 0 Å². The van der Waals surface area contributed by atoms with Crippen LogP contribution in [-0.4, -0.2) is 38.8 Å². The van der Waals surface area contributed by atoms with E-state index in [2.05, 4.69) is 15.8 Å². The molecule has 0 radical (unpaired) electrons. The topological polar surface area (TPSA) is 89.0 Å². The molecule has 7 nitrogen and oxygen atoms in total. The van der Waals surface area contributed by atoms with Crippen LogP contribution >= 0.6 is 11.6 Å². The molecule has 0 bridgehead atoms. The number of halogens is 1. The molecule has 0 aromatic heterocycles. The summed E-state index contributed by atoms with van der Waals surface area (Å²) < 4.78 is 10.3. The lowest BCUT2D eigenvalue weighted by Crippen LogP contribution is -2.34. The number of rotatable bonds is 7. The number of nitrogens with one attached hydrogen (secondary N) is 2. The molecule has 2 aromatic rings. The van der Waals surface area contributed by atoms with E-state index in [1.165, 1.54) is 13.3 Å². The first-order valence-electron chi connectivity index (χ1n) is 7.61. The molecule has 0 aliphatic rings. The van der Waals surface area contributed by atoms with Crippen LogP contribution in [0.3, 0.4) is 0 Å². The zero-order valence-corrected chi connectivity index (χ0v) is 15.0. The molecule has 0 aliphatic carbocycles. The smallest absolute Gasteiger partial charge is 0.259 e. The second-order valence-corrected chi connectivity index (χ2v) is 5.53. The number of ether oxygens (including phenoxy) is 2. The highest BCUT2D eigenvalue weighted by atomic mass is 35.5. The van der Waals surface area contributed by atoms with E-state index >= 15 is 0 Å². The Bertz CT molecular complexity index is 807. The molecule has 0 aliphatic heterocycles. The maximum atomic E-state index is 11.9. The van der Waals surface area contributed by atoms with Crippen molar-refractivity contribution >= 4 is 29.6 Å². The lowest BCUT2D eigenvalue weighted by atomic mass is 10.2. The van der Waals surface area contributed by atoms with Gasteiger partial charge in [-0.1, -0.05) is 11.6 Å². The Labute approximate surface area is 155 Å². The van der Waals surface area contributed by atoms with Crippen molar-refractivity contribution in [2.75, 3.05) is 20.8 Å². The average Bonchev–Trinajstić information content (AvgIpc) is 2.66. The van der Waals surface area contributed by atoms with Gasteiger partial charge in [0.15, 0.2) is 0 Å². The van der Waals surface area contributed by atoms with Gasteiger partial charge in [-0.25, -0.2) is 5.43 Å². The van der Waals surface area contributed by atoms with Crippen molar-refractivity contribution in [2.45, 2.75) is 0 Å². The number of carbonyl (C=O) groups is 2. The van der Waals surface area contributed by atoms with Gasteiger partial charge in [0.2, 0.25) is 0 Å². The van der Waals surface area contributed by atoms with Gasteiger partial charge in [0.05, 0.1) is 27.0 Å². The van der Waals surface area contributed by atoms with E-state index < -0.39 is 5.91 Å². The molecular formula is C18H18ClN3O4. The van der Waals surface area contributed by atoms with Crippen LogP contribution in [0.2, 0.25) is 5.02 Å². The summed E-state index contributed by atoms with van der Waals surface area (Å²) in [5.74, 6) is 0.370. The molecule has 26 heavy (non-hydrogen) atoms. The summed E-state index contributed by atoms with van der Waals surface area (Å²) in [5, 5.41) is 6.88. The number of hydrogen-bond acceptors (Lipinski definition) is 5. The first-order valence-corrected chi connectivity index (χ1v) is 7.99. The number of amides is 2. The van der Waals surface area contributed by atoms with Gasteiger partial charge in [0.25, 0.3) is 11.8 Å². The lowest BCUT2D eigenvalue weighted by Gasteiger charge is -2.07. The summed E-state index contributed by atoms with van der Waals surface area (Å²) in [5.41, 5.74) is 3.38. The molecule has 2 rings (SSSR count). The molecule has 0 saturated heterocycles.